The van der Waals surface area contributed by atoms with Crippen molar-refractivity contribution < 1.29 is 14.3 Å². The maximum atomic E-state index is 12.2. The van der Waals surface area contributed by atoms with E-state index in [2.05, 4.69) is 10.3 Å². The van der Waals surface area contributed by atoms with Gasteiger partial charge in [0.15, 0.2) is 16.7 Å². The van der Waals surface area contributed by atoms with Crippen LogP contribution in [0.4, 0.5) is 5.69 Å². The number of nitrogens with zero attached hydrogens (tertiary/aromatic N) is 1. The Balaban J connectivity index is 1.88. The molecule has 25 heavy (non-hydrogen) atoms. The summed E-state index contributed by atoms with van der Waals surface area (Å²) in [6.07, 6.45) is 1.78. The molecule has 1 saturated heterocycles. The summed E-state index contributed by atoms with van der Waals surface area (Å²) in [5.41, 5.74) is 2.74. The molecule has 0 bridgehead atoms. The fraction of sp³-hybridized carbons (Fsp3) is 0.158. The van der Waals surface area contributed by atoms with Gasteiger partial charge in [0.25, 0.3) is 5.91 Å². The minimum atomic E-state index is -0.180. The molecule has 6 heteroatoms. The van der Waals surface area contributed by atoms with E-state index in [9.17, 15) is 4.79 Å². The molecular weight excluding hydrogens is 336 g/mol. The molecule has 0 spiro atoms. The van der Waals surface area contributed by atoms with E-state index in [0.717, 1.165) is 16.8 Å². The van der Waals surface area contributed by atoms with Crippen LogP contribution in [0.15, 0.2) is 52.4 Å². The number of nitrogens with one attached hydrogen (secondary N) is 1. The second-order valence-electron chi connectivity index (χ2n) is 5.40. The average molecular weight is 354 g/mol. The highest BCUT2D eigenvalue weighted by atomic mass is 32.2. The molecule has 2 aromatic carbocycles. The molecule has 1 amide bonds. The number of rotatable bonds is 4. The van der Waals surface area contributed by atoms with Crippen LogP contribution in [0, 0.1) is 6.92 Å². The maximum absolute atomic E-state index is 12.2. The fourth-order valence-electron chi connectivity index (χ4n) is 2.38. The number of aryl methyl sites for hydroxylation is 1. The fourth-order valence-corrected chi connectivity index (χ4v) is 3.22. The number of thioether (sulfide) groups is 1. The number of carbonyl (C=O) groups is 1. The normalized spacial score (nSPS) is 17.0. The molecule has 1 aliphatic heterocycles. The zero-order valence-electron chi connectivity index (χ0n) is 14.2. The molecule has 1 N–H and O–H groups in total. The van der Waals surface area contributed by atoms with E-state index in [4.69, 9.17) is 9.47 Å². The summed E-state index contributed by atoms with van der Waals surface area (Å²) < 4.78 is 10.7. The standard InChI is InChI=1S/C19H18N2O3S/c1-12-7-9-14(10-8-12)20-19-21-18(22)16(25-19)11-13-5-4-6-15(23-2)17(13)24-3/h4-11H,1-3H3,(H,20,21,22)/b16-11-. The molecule has 0 radical (unpaired) electrons. The first-order valence-corrected chi connectivity index (χ1v) is 8.49. The molecule has 0 atom stereocenters. The van der Waals surface area contributed by atoms with E-state index < -0.39 is 0 Å². The summed E-state index contributed by atoms with van der Waals surface area (Å²) in [5, 5.41) is 3.34. The van der Waals surface area contributed by atoms with Crippen LogP contribution in [-0.2, 0) is 4.79 Å². The monoisotopic (exact) mass is 354 g/mol. The summed E-state index contributed by atoms with van der Waals surface area (Å²) in [6.45, 7) is 2.02. The second-order valence-corrected chi connectivity index (χ2v) is 6.43. The van der Waals surface area contributed by atoms with Gasteiger partial charge >= 0.3 is 0 Å². The molecule has 1 heterocycles. The Morgan fingerprint density at radius 1 is 1.08 bits per heavy atom. The van der Waals surface area contributed by atoms with E-state index in [-0.39, 0.29) is 5.91 Å². The molecule has 0 aliphatic carbocycles. The summed E-state index contributed by atoms with van der Waals surface area (Å²) in [5.74, 6) is 1.03. The van der Waals surface area contributed by atoms with Crippen molar-refractivity contribution in [3.63, 3.8) is 0 Å². The summed E-state index contributed by atoms with van der Waals surface area (Å²) >= 11 is 1.30. The van der Waals surface area contributed by atoms with Gasteiger partial charge < -0.3 is 14.8 Å². The number of methoxy groups -OCH3 is 2. The Kier molecular flexibility index (Phi) is 5.09. The highest BCUT2D eigenvalue weighted by Gasteiger charge is 2.24. The first kappa shape index (κ1) is 17.1. The number of amidine groups is 1. The minimum absolute atomic E-state index is 0.180. The Morgan fingerprint density at radius 2 is 1.84 bits per heavy atom. The summed E-state index contributed by atoms with van der Waals surface area (Å²) in [6, 6.07) is 13.3. The van der Waals surface area contributed by atoms with Gasteiger partial charge in [0.2, 0.25) is 0 Å². The third-order valence-electron chi connectivity index (χ3n) is 3.64. The lowest BCUT2D eigenvalue weighted by atomic mass is 10.1. The van der Waals surface area contributed by atoms with Crippen LogP contribution in [0.1, 0.15) is 11.1 Å². The Morgan fingerprint density at radius 3 is 2.52 bits per heavy atom. The van der Waals surface area contributed by atoms with Crippen molar-refractivity contribution in [1.29, 1.82) is 0 Å². The van der Waals surface area contributed by atoms with Crippen LogP contribution in [0.25, 0.3) is 6.08 Å². The number of hydrogen-bond donors (Lipinski definition) is 1. The lowest BCUT2D eigenvalue weighted by Crippen LogP contribution is -2.19. The van der Waals surface area contributed by atoms with Gasteiger partial charge in [-0.1, -0.05) is 29.8 Å². The molecule has 128 valence electrons. The van der Waals surface area contributed by atoms with E-state index in [0.29, 0.717) is 21.6 Å². The number of carbonyl (C=O) groups excluding carboxylic acids is 1. The second kappa shape index (κ2) is 7.44. The number of ether oxygens (including phenoxy) is 2. The molecule has 0 aromatic heterocycles. The third-order valence-corrected chi connectivity index (χ3v) is 4.55. The van der Waals surface area contributed by atoms with Gasteiger partial charge in [-0.15, -0.1) is 0 Å². The molecular formula is C19H18N2O3S. The minimum Gasteiger partial charge on any atom is -0.493 e. The molecule has 0 unspecified atom stereocenters. The number of amides is 1. The largest absolute Gasteiger partial charge is 0.493 e. The topological polar surface area (TPSA) is 59.9 Å². The van der Waals surface area contributed by atoms with Crippen LogP contribution in [0.2, 0.25) is 0 Å². The molecule has 1 aliphatic rings. The number of benzene rings is 2. The van der Waals surface area contributed by atoms with Crippen molar-refractivity contribution in [3.05, 3.63) is 58.5 Å². The quantitative estimate of drug-likeness (QED) is 0.846. The smallest absolute Gasteiger partial charge is 0.264 e. The highest BCUT2D eigenvalue weighted by Crippen LogP contribution is 2.35. The molecule has 1 fully saturated rings. The maximum Gasteiger partial charge on any atom is 0.264 e. The van der Waals surface area contributed by atoms with E-state index in [1.165, 1.54) is 11.8 Å². The van der Waals surface area contributed by atoms with E-state index in [1.54, 1.807) is 20.3 Å². The molecule has 5 nitrogen and oxygen atoms in total. The first-order chi connectivity index (χ1) is 12.1. The van der Waals surface area contributed by atoms with Crippen molar-refractivity contribution in [2.45, 2.75) is 6.92 Å². The molecule has 2 aromatic rings. The van der Waals surface area contributed by atoms with Gasteiger partial charge in [0, 0.05) is 5.56 Å². The van der Waals surface area contributed by atoms with Gasteiger partial charge in [0.05, 0.1) is 24.8 Å². The van der Waals surface area contributed by atoms with Crippen LogP contribution >= 0.6 is 11.8 Å². The van der Waals surface area contributed by atoms with Crippen molar-refractivity contribution in [2.24, 2.45) is 4.99 Å². The third kappa shape index (κ3) is 3.85. The number of aliphatic imine (C=N–C) groups is 1. The zero-order chi connectivity index (χ0) is 17.8. The van der Waals surface area contributed by atoms with Gasteiger partial charge in [-0.2, -0.15) is 0 Å². The van der Waals surface area contributed by atoms with E-state index in [1.807, 2.05) is 49.4 Å². The van der Waals surface area contributed by atoms with Crippen LogP contribution in [0.5, 0.6) is 11.5 Å². The first-order valence-electron chi connectivity index (χ1n) is 7.68. The van der Waals surface area contributed by atoms with Gasteiger partial charge in [0.1, 0.15) is 0 Å². The van der Waals surface area contributed by atoms with Crippen molar-refractivity contribution in [2.75, 3.05) is 14.2 Å². The summed E-state index contributed by atoms with van der Waals surface area (Å²) in [4.78, 5) is 17.3. The van der Waals surface area contributed by atoms with Gasteiger partial charge in [-0.3, -0.25) is 4.79 Å². The van der Waals surface area contributed by atoms with Crippen molar-refractivity contribution >= 4 is 34.6 Å². The lowest BCUT2D eigenvalue weighted by Gasteiger charge is -2.10. The molecule has 3 rings (SSSR count). The predicted octanol–water partition coefficient (Wildman–Crippen LogP) is 3.90. The van der Waals surface area contributed by atoms with Crippen LogP contribution in [0.3, 0.4) is 0 Å². The predicted molar refractivity (Wildman–Crippen MR) is 102 cm³/mol. The van der Waals surface area contributed by atoms with Crippen molar-refractivity contribution in [3.8, 4) is 11.5 Å². The Bertz CT molecular complexity index is 857. The van der Waals surface area contributed by atoms with Crippen LogP contribution in [-0.4, -0.2) is 25.3 Å². The average Bonchev–Trinajstić information content (AvgIpc) is 2.95. The molecule has 0 saturated carbocycles. The highest BCUT2D eigenvalue weighted by molar-refractivity contribution is 8.18. The van der Waals surface area contributed by atoms with Gasteiger partial charge in [-0.05, 0) is 43.0 Å². The van der Waals surface area contributed by atoms with Gasteiger partial charge in [-0.25, -0.2) is 4.99 Å². The zero-order valence-corrected chi connectivity index (χ0v) is 15.0. The Hall–Kier alpha value is -2.73. The van der Waals surface area contributed by atoms with E-state index >= 15 is 0 Å². The van der Waals surface area contributed by atoms with Crippen molar-refractivity contribution in [1.82, 2.24) is 5.32 Å². The number of hydrogen-bond acceptors (Lipinski definition) is 5. The number of para-hydroxylation sites is 1. The summed E-state index contributed by atoms with van der Waals surface area (Å²) in [7, 11) is 3.16. The lowest BCUT2D eigenvalue weighted by molar-refractivity contribution is -0.115. The SMILES string of the molecule is COc1cccc(/C=C2\SC(=Nc3ccc(C)cc3)NC2=O)c1OC. The van der Waals surface area contributed by atoms with Crippen LogP contribution < -0.4 is 14.8 Å². The Labute approximate surface area is 150 Å².